The Morgan fingerprint density at radius 2 is 2.04 bits per heavy atom. The highest BCUT2D eigenvalue weighted by Crippen LogP contribution is 2.32. The third-order valence-corrected chi connectivity index (χ3v) is 5.29. The van der Waals surface area contributed by atoms with Crippen molar-refractivity contribution in [3.8, 4) is 10.6 Å². The van der Waals surface area contributed by atoms with Gasteiger partial charge in [0.25, 0.3) is 0 Å². The largest absolute Gasteiger partial charge is 0.362 e. The van der Waals surface area contributed by atoms with Crippen molar-refractivity contribution in [2.45, 2.75) is 26.4 Å². The molecule has 3 aromatic rings. The lowest BCUT2D eigenvalue weighted by Crippen LogP contribution is -2.43. The molecule has 0 saturated heterocycles. The molecule has 27 heavy (non-hydrogen) atoms. The van der Waals surface area contributed by atoms with Crippen LogP contribution in [0.4, 0.5) is 17.3 Å². The molecule has 1 atom stereocenters. The molecule has 0 fully saturated rings. The van der Waals surface area contributed by atoms with Crippen molar-refractivity contribution in [2.24, 2.45) is 5.92 Å². The zero-order valence-electron chi connectivity index (χ0n) is 15.1. The minimum Gasteiger partial charge on any atom is -0.362 e. The van der Waals surface area contributed by atoms with E-state index in [2.05, 4.69) is 30.9 Å². The number of fused-ring (bicyclic) bond motifs is 1. The number of hydrogen-bond acceptors (Lipinski definition) is 7. The van der Waals surface area contributed by atoms with Crippen LogP contribution in [-0.4, -0.2) is 26.9 Å². The predicted octanol–water partition coefficient (Wildman–Crippen LogP) is 3.60. The third kappa shape index (κ3) is 3.61. The van der Waals surface area contributed by atoms with Gasteiger partial charge < -0.3 is 16.0 Å². The maximum Gasteiger partial charge on any atom is 0.247 e. The number of benzene rings is 1. The summed E-state index contributed by atoms with van der Waals surface area (Å²) in [7, 11) is 0. The molecule has 4 rings (SSSR count). The van der Waals surface area contributed by atoms with Gasteiger partial charge in [0.15, 0.2) is 11.6 Å². The first-order valence-corrected chi connectivity index (χ1v) is 9.66. The summed E-state index contributed by atoms with van der Waals surface area (Å²) in [6, 6.07) is 9.78. The van der Waals surface area contributed by atoms with E-state index in [0.717, 1.165) is 16.3 Å². The van der Waals surface area contributed by atoms with Crippen LogP contribution in [0.3, 0.4) is 0 Å². The average molecular weight is 380 g/mol. The lowest BCUT2D eigenvalue weighted by atomic mass is 10.0. The van der Waals surface area contributed by atoms with Crippen molar-refractivity contribution in [1.82, 2.24) is 15.0 Å². The number of aromatic nitrogens is 3. The van der Waals surface area contributed by atoms with Crippen molar-refractivity contribution >= 4 is 34.6 Å². The first-order chi connectivity index (χ1) is 13.1. The highest BCUT2D eigenvalue weighted by molar-refractivity contribution is 7.13. The first-order valence-electron chi connectivity index (χ1n) is 8.78. The van der Waals surface area contributed by atoms with Crippen LogP contribution < -0.4 is 16.0 Å². The number of rotatable bonds is 5. The van der Waals surface area contributed by atoms with Gasteiger partial charge >= 0.3 is 0 Å². The number of nitrogens with zero attached hydrogens (tertiary/aromatic N) is 3. The second-order valence-electron chi connectivity index (χ2n) is 6.66. The van der Waals surface area contributed by atoms with Crippen molar-refractivity contribution < 1.29 is 4.79 Å². The predicted molar refractivity (Wildman–Crippen MR) is 108 cm³/mol. The summed E-state index contributed by atoms with van der Waals surface area (Å²) in [6.07, 6.45) is 1.49. The van der Waals surface area contributed by atoms with Crippen LogP contribution in [0.2, 0.25) is 0 Å². The Labute approximate surface area is 161 Å². The number of thiazole rings is 1. The maximum atomic E-state index is 12.3. The van der Waals surface area contributed by atoms with E-state index in [0.29, 0.717) is 23.9 Å². The van der Waals surface area contributed by atoms with E-state index in [1.54, 1.807) is 11.3 Å². The molecule has 1 aromatic carbocycles. The minimum atomic E-state index is -0.299. The normalized spacial score (nSPS) is 15.8. The Morgan fingerprint density at radius 1 is 1.22 bits per heavy atom. The van der Waals surface area contributed by atoms with Crippen molar-refractivity contribution in [1.29, 1.82) is 0 Å². The molecule has 7 nitrogen and oxygen atoms in total. The smallest absolute Gasteiger partial charge is 0.247 e. The lowest BCUT2D eigenvalue weighted by Gasteiger charge is -2.29. The van der Waals surface area contributed by atoms with Gasteiger partial charge in [0.2, 0.25) is 5.91 Å². The van der Waals surface area contributed by atoms with Crippen LogP contribution in [0.15, 0.2) is 42.0 Å². The third-order valence-electron chi connectivity index (χ3n) is 4.35. The van der Waals surface area contributed by atoms with Crippen LogP contribution in [0.25, 0.3) is 10.6 Å². The molecule has 1 amide bonds. The fraction of sp³-hybridized carbons (Fsp3) is 0.263. The average Bonchev–Trinajstić information content (AvgIpc) is 3.15. The van der Waals surface area contributed by atoms with Gasteiger partial charge in [-0.1, -0.05) is 44.2 Å². The van der Waals surface area contributed by atoms with E-state index >= 15 is 0 Å². The van der Waals surface area contributed by atoms with E-state index in [-0.39, 0.29) is 17.9 Å². The SMILES string of the molecule is CC(C)C1Nc2ncnc(NCc3csc(-c4ccccc4)n3)c2NC1=O. The van der Waals surface area contributed by atoms with E-state index in [1.165, 1.54) is 6.33 Å². The van der Waals surface area contributed by atoms with Gasteiger partial charge in [-0.05, 0) is 5.92 Å². The Morgan fingerprint density at radius 3 is 2.81 bits per heavy atom. The van der Waals surface area contributed by atoms with Crippen LogP contribution >= 0.6 is 11.3 Å². The second kappa shape index (κ2) is 7.32. The molecule has 1 unspecified atom stereocenters. The number of amides is 1. The van der Waals surface area contributed by atoms with E-state index in [4.69, 9.17) is 0 Å². The van der Waals surface area contributed by atoms with Crippen molar-refractivity contribution in [3.63, 3.8) is 0 Å². The first kappa shape index (κ1) is 17.4. The van der Waals surface area contributed by atoms with E-state index < -0.39 is 0 Å². The lowest BCUT2D eigenvalue weighted by molar-refractivity contribution is -0.117. The zero-order chi connectivity index (χ0) is 18.8. The van der Waals surface area contributed by atoms with Gasteiger partial charge in [-0.2, -0.15) is 0 Å². The van der Waals surface area contributed by atoms with E-state index in [9.17, 15) is 4.79 Å². The topological polar surface area (TPSA) is 91.8 Å². The summed E-state index contributed by atoms with van der Waals surface area (Å²) in [5.74, 6) is 1.30. The molecule has 2 aromatic heterocycles. The number of carbonyl (C=O) groups excluding carboxylic acids is 1. The molecule has 1 aliphatic rings. The van der Waals surface area contributed by atoms with Gasteiger partial charge in [0.1, 0.15) is 23.1 Å². The van der Waals surface area contributed by atoms with Crippen molar-refractivity contribution in [3.05, 3.63) is 47.7 Å². The molecule has 0 aliphatic carbocycles. The molecule has 0 radical (unpaired) electrons. The van der Waals surface area contributed by atoms with Crippen LogP contribution in [0.5, 0.6) is 0 Å². The summed E-state index contributed by atoms with van der Waals surface area (Å²) < 4.78 is 0. The Bertz CT molecular complexity index is 956. The Hall–Kier alpha value is -3.00. The summed E-state index contributed by atoms with van der Waals surface area (Å²) in [5, 5.41) is 12.4. The number of nitrogens with one attached hydrogen (secondary N) is 3. The number of anilines is 3. The quantitative estimate of drug-likeness (QED) is 0.626. The van der Waals surface area contributed by atoms with Gasteiger partial charge in [-0.25, -0.2) is 15.0 Å². The standard InChI is InChI=1S/C19H20N6OS/c1-11(2)14-18(26)25-15-16(21-10-22-17(15)24-14)20-8-13-9-27-19(23-13)12-6-4-3-5-7-12/h3-7,9-11,14H,8H2,1-2H3,(H,25,26)(H2,20,21,22,24). The Kier molecular flexibility index (Phi) is 4.72. The highest BCUT2D eigenvalue weighted by atomic mass is 32.1. The van der Waals surface area contributed by atoms with E-state index in [1.807, 2.05) is 49.6 Å². The zero-order valence-corrected chi connectivity index (χ0v) is 15.9. The van der Waals surface area contributed by atoms with Crippen LogP contribution in [-0.2, 0) is 11.3 Å². The summed E-state index contributed by atoms with van der Waals surface area (Å²) in [6.45, 7) is 4.50. The molecule has 0 spiro atoms. The fourth-order valence-corrected chi connectivity index (χ4v) is 3.73. The molecular formula is C19H20N6OS. The highest BCUT2D eigenvalue weighted by Gasteiger charge is 2.30. The molecule has 0 saturated carbocycles. The molecule has 3 heterocycles. The molecule has 3 N–H and O–H groups in total. The maximum absolute atomic E-state index is 12.3. The fourth-order valence-electron chi connectivity index (χ4n) is 2.91. The number of hydrogen-bond donors (Lipinski definition) is 3. The minimum absolute atomic E-state index is 0.0737. The second-order valence-corrected chi connectivity index (χ2v) is 7.52. The molecule has 1 aliphatic heterocycles. The summed E-state index contributed by atoms with van der Waals surface area (Å²) >= 11 is 1.60. The van der Waals surface area contributed by atoms with Gasteiger partial charge in [-0.3, -0.25) is 4.79 Å². The molecule has 8 heteroatoms. The molecular weight excluding hydrogens is 360 g/mol. The van der Waals surface area contributed by atoms with Gasteiger partial charge in [-0.15, -0.1) is 11.3 Å². The number of carbonyl (C=O) groups is 1. The Balaban J connectivity index is 1.50. The van der Waals surface area contributed by atoms with Crippen LogP contribution in [0.1, 0.15) is 19.5 Å². The van der Waals surface area contributed by atoms with Gasteiger partial charge in [0.05, 0.1) is 12.2 Å². The summed E-state index contributed by atoms with van der Waals surface area (Å²) in [4.78, 5) is 25.5. The summed E-state index contributed by atoms with van der Waals surface area (Å²) in [5.41, 5.74) is 2.60. The van der Waals surface area contributed by atoms with Gasteiger partial charge in [0, 0.05) is 10.9 Å². The molecule has 0 bridgehead atoms. The monoisotopic (exact) mass is 380 g/mol. The van der Waals surface area contributed by atoms with Crippen molar-refractivity contribution in [2.75, 3.05) is 16.0 Å². The molecule has 138 valence electrons. The van der Waals surface area contributed by atoms with Crippen LogP contribution in [0, 0.1) is 5.92 Å².